The van der Waals surface area contributed by atoms with Crippen molar-refractivity contribution in [2.45, 2.75) is 72.1 Å². The highest BCUT2D eigenvalue weighted by Crippen LogP contribution is 2.20. The molecule has 0 rings (SSSR count). The summed E-state index contributed by atoms with van der Waals surface area (Å²) in [6.45, 7) is 8.66. The first-order valence-corrected chi connectivity index (χ1v) is 6.92. The molecule has 0 heterocycles. The van der Waals surface area contributed by atoms with Crippen molar-refractivity contribution in [2.75, 3.05) is 13.2 Å². The van der Waals surface area contributed by atoms with Crippen molar-refractivity contribution in [3.8, 4) is 0 Å². The van der Waals surface area contributed by atoms with Gasteiger partial charge in [-0.2, -0.15) is 0 Å². The summed E-state index contributed by atoms with van der Waals surface area (Å²) in [4.78, 5) is 0. The number of hydrogen-bond donors (Lipinski definition) is 0. The molecule has 0 aliphatic rings. The molecule has 0 aliphatic heterocycles. The predicted octanol–water partition coefficient (Wildman–Crippen LogP) is 4.80. The molecular weight excluding hydrogens is 184 g/mol. The second-order valence-electron chi connectivity index (χ2n) is 4.55. The van der Waals surface area contributed by atoms with Gasteiger partial charge in [-0.1, -0.05) is 52.9 Å². The molecule has 1 atom stereocenters. The van der Waals surface area contributed by atoms with Crippen molar-refractivity contribution >= 4 is 0 Å². The van der Waals surface area contributed by atoms with Gasteiger partial charge in [-0.25, -0.2) is 0 Å². The molecule has 1 nitrogen and oxygen atoms in total. The van der Waals surface area contributed by atoms with Gasteiger partial charge >= 0.3 is 0 Å². The average Bonchev–Trinajstić information content (AvgIpc) is 2.25. The van der Waals surface area contributed by atoms with Gasteiger partial charge in [0.1, 0.15) is 0 Å². The van der Waals surface area contributed by atoms with Crippen LogP contribution < -0.4 is 0 Å². The first-order chi connectivity index (χ1) is 7.35. The Labute approximate surface area is 96.6 Å². The van der Waals surface area contributed by atoms with Crippen LogP contribution in [0.25, 0.3) is 0 Å². The highest BCUT2D eigenvalue weighted by molar-refractivity contribution is 4.59. The van der Waals surface area contributed by atoms with E-state index in [9.17, 15) is 0 Å². The van der Waals surface area contributed by atoms with Crippen LogP contribution in [-0.4, -0.2) is 13.2 Å². The molecule has 15 heavy (non-hydrogen) atoms. The van der Waals surface area contributed by atoms with Crippen LogP contribution in [0.3, 0.4) is 0 Å². The molecule has 0 spiro atoms. The van der Waals surface area contributed by atoms with Crippen LogP contribution in [0, 0.1) is 5.92 Å². The van der Waals surface area contributed by atoms with Gasteiger partial charge < -0.3 is 4.74 Å². The first kappa shape index (κ1) is 15.0. The molecule has 0 saturated heterocycles. The van der Waals surface area contributed by atoms with E-state index >= 15 is 0 Å². The number of unbranched alkanes of at least 4 members (excludes halogenated alkanes) is 1. The highest BCUT2D eigenvalue weighted by Gasteiger charge is 2.06. The smallest absolute Gasteiger partial charge is 0.0466 e. The van der Waals surface area contributed by atoms with Crippen molar-refractivity contribution in [2.24, 2.45) is 5.92 Å². The lowest BCUT2D eigenvalue weighted by atomic mass is 9.93. The Kier molecular flexibility index (Phi) is 12.0. The van der Waals surface area contributed by atoms with Gasteiger partial charge in [0, 0.05) is 13.2 Å². The van der Waals surface area contributed by atoms with E-state index < -0.39 is 0 Å². The maximum atomic E-state index is 5.52. The van der Waals surface area contributed by atoms with E-state index in [-0.39, 0.29) is 0 Å². The highest BCUT2D eigenvalue weighted by atomic mass is 16.5. The lowest BCUT2D eigenvalue weighted by Crippen LogP contribution is -2.03. The van der Waals surface area contributed by atoms with Crippen LogP contribution in [0.1, 0.15) is 72.1 Å². The van der Waals surface area contributed by atoms with E-state index in [4.69, 9.17) is 4.74 Å². The SMILES string of the molecule is CCCCC(CCC)CCCOCCC. The van der Waals surface area contributed by atoms with Crippen LogP contribution in [0.5, 0.6) is 0 Å². The minimum Gasteiger partial charge on any atom is -0.381 e. The largest absolute Gasteiger partial charge is 0.381 e. The summed E-state index contributed by atoms with van der Waals surface area (Å²) >= 11 is 0. The monoisotopic (exact) mass is 214 g/mol. The van der Waals surface area contributed by atoms with E-state index in [2.05, 4.69) is 20.8 Å². The zero-order chi connectivity index (χ0) is 11.4. The van der Waals surface area contributed by atoms with Gasteiger partial charge in [0.15, 0.2) is 0 Å². The summed E-state index contributed by atoms with van der Waals surface area (Å²) in [6, 6.07) is 0. The van der Waals surface area contributed by atoms with Gasteiger partial charge in [-0.3, -0.25) is 0 Å². The van der Waals surface area contributed by atoms with E-state index in [0.29, 0.717) is 0 Å². The first-order valence-electron chi connectivity index (χ1n) is 6.92. The molecule has 1 unspecified atom stereocenters. The van der Waals surface area contributed by atoms with E-state index in [1.165, 1.54) is 44.9 Å². The fourth-order valence-electron chi connectivity index (χ4n) is 2.05. The van der Waals surface area contributed by atoms with Gasteiger partial charge in [-0.05, 0) is 25.2 Å². The Morgan fingerprint density at radius 2 is 1.47 bits per heavy atom. The fraction of sp³-hybridized carbons (Fsp3) is 1.00. The molecular formula is C14H30O. The third-order valence-electron chi connectivity index (χ3n) is 2.91. The normalized spacial score (nSPS) is 13.0. The molecule has 0 amide bonds. The lowest BCUT2D eigenvalue weighted by Gasteiger charge is -2.15. The predicted molar refractivity (Wildman–Crippen MR) is 68.3 cm³/mol. The molecule has 0 radical (unpaired) electrons. The minimum atomic E-state index is 0.938. The summed E-state index contributed by atoms with van der Waals surface area (Å²) in [6.07, 6.45) is 10.7. The standard InChI is InChI=1S/C14H30O/c1-4-7-10-14(9-5-2)11-8-13-15-12-6-3/h14H,4-13H2,1-3H3. The Bertz CT molecular complexity index is 112. The summed E-state index contributed by atoms with van der Waals surface area (Å²) in [5.41, 5.74) is 0. The van der Waals surface area contributed by atoms with Crippen LogP contribution >= 0.6 is 0 Å². The number of rotatable bonds is 11. The second kappa shape index (κ2) is 12.0. The van der Waals surface area contributed by atoms with Crippen molar-refractivity contribution in [1.82, 2.24) is 0 Å². The second-order valence-corrected chi connectivity index (χ2v) is 4.55. The zero-order valence-electron chi connectivity index (χ0n) is 11.1. The van der Waals surface area contributed by atoms with E-state index in [0.717, 1.165) is 25.6 Å². The lowest BCUT2D eigenvalue weighted by molar-refractivity contribution is 0.126. The molecule has 0 N–H and O–H groups in total. The van der Waals surface area contributed by atoms with E-state index in [1.54, 1.807) is 0 Å². The molecule has 0 aromatic rings. The third kappa shape index (κ3) is 10.2. The molecule has 0 aliphatic carbocycles. The summed E-state index contributed by atoms with van der Waals surface area (Å²) in [5.74, 6) is 0.958. The third-order valence-corrected chi connectivity index (χ3v) is 2.91. The molecule has 0 saturated carbocycles. The summed E-state index contributed by atoms with van der Waals surface area (Å²) in [5, 5.41) is 0. The molecule has 0 bridgehead atoms. The van der Waals surface area contributed by atoms with Gasteiger partial charge in [-0.15, -0.1) is 0 Å². The fourth-order valence-corrected chi connectivity index (χ4v) is 2.05. The van der Waals surface area contributed by atoms with Crippen LogP contribution in [0.15, 0.2) is 0 Å². The van der Waals surface area contributed by atoms with Crippen molar-refractivity contribution in [3.63, 3.8) is 0 Å². The molecule has 92 valence electrons. The van der Waals surface area contributed by atoms with Crippen LogP contribution in [-0.2, 0) is 4.74 Å². The number of hydrogen-bond acceptors (Lipinski definition) is 1. The summed E-state index contributed by atoms with van der Waals surface area (Å²) < 4.78 is 5.52. The zero-order valence-corrected chi connectivity index (χ0v) is 11.1. The quantitative estimate of drug-likeness (QED) is 0.449. The Morgan fingerprint density at radius 3 is 2.07 bits per heavy atom. The van der Waals surface area contributed by atoms with Crippen LogP contribution in [0.4, 0.5) is 0 Å². The molecule has 0 aromatic carbocycles. The molecule has 1 heteroatoms. The number of ether oxygens (including phenoxy) is 1. The topological polar surface area (TPSA) is 9.23 Å². The minimum absolute atomic E-state index is 0.938. The average molecular weight is 214 g/mol. The van der Waals surface area contributed by atoms with Crippen LogP contribution in [0.2, 0.25) is 0 Å². The molecule has 0 fully saturated rings. The van der Waals surface area contributed by atoms with Gasteiger partial charge in [0.2, 0.25) is 0 Å². The van der Waals surface area contributed by atoms with Crippen molar-refractivity contribution < 1.29 is 4.74 Å². The van der Waals surface area contributed by atoms with E-state index in [1.807, 2.05) is 0 Å². The Balaban J connectivity index is 3.38. The van der Waals surface area contributed by atoms with Crippen molar-refractivity contribution in [1.29, 1.82) is 0 Å². The van der Waals surface area contributed by atoms with Gasteiger partial charge in [0.25, 0.3) is 0 Å². The maximum Gasteiger partial charge on any atom is 0.0466 e. The maximum absolute atomic E-state index is 5.52. The van der Waals surface area contributed by atoms with Crippen molar-refractivity contribution in [3.05, 3.63) is 0 Å². The Morgan fingerprint density at radius 1 is 0.733 bits per heavy atom. The molecule has 0 aromatic heterocycles. The summed E-state index contributed by atoms with van der Waals surface area (Å²) in [7, 11) is 0. The van der Waals surface area contributed by atoms with Gasteiger partial charge in [0.05, 0.1) is 0 Å². The Hall–Kier alpha value is -0.0400.